The van der Waals surface area contributed by atoms with Gasteiger partial charge in [-0.05, 0) is 6.92 Å². The number of nitrogens with one attached hydrogen (secondary N) is 1. The molecule has 3 rings (SSSR count). The summed E-state index contributed by atoms with van der Waals surface area (Å²) < 4.78 is 7.01. The van der Waals surface area contributed by atoms with Crippen LogP contribution in [-0.4, -0.2) is 63.4 Å². The lowest BCUT2D eigenvalue weighted by atomic mass is 10.3. The maximum atomic E-state index is 6.00. The van der Waals surface area contributed by atoms with E-state index in [9.17, 15) is 0 Å². The summed E-state index contributed by atoms with van der Waals surface area (Å²) in [6.07, 6.45) is 1.47. The first-order valence-electron chi connectivity index (χ1n) is 6.65. The molecule has 8 heteroatoms. The Hall–Kier alpha value is -1.44. The Labute approximate surface area is 121 Å². The molecule has 0 radical (unpaired) electrons. The van der Waals surface area contributed by atoms with Gasteiger partial charge in [0.05, 0.1) is 13.2 Å². The maximum Gasteiger partial charge on any atom is 0.255 e. The van der Waals surface area contributed by atoms with Crippen molar-refractivity contribution in [2.75, 3.05) is 38.2 Å². The molecule has 1 unspecified atom stereocenters. The molecule has 1 fully saturated rings. The average molecular weight is 297 g/mol. The van der Waals surface area contributed by atoms with Crippen molar-refractivity contribution in [3.05, 3.63) is 17.5 Å². The molecule has 0 bridgehead atoms. The molecule has 1 atom stereocenters. The molecule has 7 nitrogen and oxygen atoms in total. The van der Waals surface area contributed by atoms with E-state index < -0.39 is 0 Å². The van der Waals surface area contributed by atoms with Crippen molar-refractivity contribution >= 4 is 23.2 Å². The highest BCUT2D eigenvalue weighted by Crippen LogP contribution is 2.15. The summed E-state index contributed by atoms with van der Waals surface area (Å²) in [4.78, 5) is 10.5. The number of aromatic nitrogens is 4. The summed E-state index contributed by atoms with van der Waals surface area (Å²) in [5, 5.41) is 7.97. The summed E-state index contributed by atoms with van der Waals surface area (Å²) in [7, 11) is 0. The SMILES string of the molecule is CC(CN1CCOCC1)Nc1cc(Cl)nc2ncnn12. The molecule has 3 heterocycles. The molecule has 2 aromatic rings. The monoisotopic (exact) mass is 296 g/mol. The molecule has 108 valence electrons. The van der Waals surface area contributed by atoms with Crippen LogP contribution in [0.1, 0.15) is 6.92 Å². The molecule has 1 N–H and O–H groups in total. The predicted molar refractivity (Wildman–Crippen MR) is 76.1 cm³/mol. The first kappa shape index (κ1) is 13.5. The summed E-state index contributed by atoms with van der Waals surface area (Å²) in [5.74, 6) is 1.30. The molecule has 2 aromatic heterocycles. The highest BCUT2D eigenvalue weighted by molar-refractivity contribution is 6.29. The molecule has 0 aromatic carbocycles. The highest BCUT2D eigenvalue weighted by Gasteiger charge is 2.15. The Kier molecular flexibility index (Phi) is 4.00. The zero-order chi connectivity index (χ0) is 13.9. The lowest BCUT2D eigenvalue weighted by molar-refractivity contribution is 0.0368. The smallest absolute Gasteiger partial charge is 0.255 e. The zero-order valence-electron chi connectivity index (χ0n) is 11.3. The van der Waals surface area contributed by atoms with Crippen molar-refractivity contribution in [3.8, 4) is 0 Å². The number of nitrogens with zero attached hydrogens (tertiary/aromatic N) is 5. The second-order valence-electron chi connectivity index (χ2n) is 4.89. The number of hydrogen-bond donors (Lipinski definition) is 1. The standard InChI is InChI=1S/C12H17ClN6O/c1-9(7-18-2-4-20-5-3-18)16-11-6-10(13)17-12-14-8-15-19(11)12/h6,8-9,16H,2-5,7H2,1H3. The van der Waals surface area contributed by atoms with Crippen LogP contribution in [0.3, 0.4) is 0 Å². The van der Waals surface area contributed by atoms with Gasteiger partial charge in [0, 0.05) is 31.7 Å². The van der Waals surface area contributed by atoms with Crippen LogP contribution in [-0.2, 0) is 4.74 Å². The minimum absolute atomic E-state index is 0.263. The van der Waals surface area contributed by atoms with Crippen molar-refractivity contribution in [2.45, 2.75) is 13.0 Å². The van der Waals surface area contributed by atoms with Crippen molar-refractivity contribution in [2.24, 2.45) is 0 Å². The Morgan fingerprint density at radius 3 is 3.05 bits per heavy atom. The fourth-order valence-electron chi connectivity index (χ4n) is 2.36. The van der Waals surface area contributed by atoms with Crippen LogP contribution in [0.5, 0.6) is 0 Å². The Bertz CT molecular complexity index is 582. The van der Waals surface area contributed by atoms with E-state index in [1.807, 2.05) is 0 Å². The van der Waals surface area contributed by atoms with Crippen molar-refractivity contribution in [1.29, 1.82) is 0 Å². The van der Waals surface area contributed by atoms with Gasteiger partial charge in [0.15, 0.2) is 0 Å². The highest BCUT2D eigenvalue weighted by atomic mass is 35.5. The van der Waals surface area contributed by atoms with E-state index in [1.165, 1.54) is 6.33 Å². The second kappa shape index (κ2) is 5.90. The number of halogens is 1. The number of hydrogen-bond acceptors (Lipinski definition) is 6. The fraction of sp³-hybridized carbons (Fsp3) is 0.583. The third-order valence-electron chi connectivity index (χ3n) is 3.25. The molecular formula is C12H17ClN6O. The van der Waals surface area contributed by atoms with E-state index in [-0.39, 0.29) is 6.04 Å². The van der Waals surface area contributed by atoms with Gasteiger partial charge in [0.1, 0.15) is 17.3 Å². The third-order valence-corrected chi connectivity index (χ3v) is 3.44. The van der Waals surface area contributed by atoms with Crippen LogP contribution in [0.15, 0.2) is 12.4 Å². The van der Waals surface area contributed by atoms with E-state index in [1.54, 1.807) is 10.6 Å². The third kappa shape index (κ3) is 3.00. The summed E-state index contributed by atoms with van der Waals surface area (Å²) in [6, 6.07) is 2.03. The summed E-state index contributed by atoms with van der Waals surface area (Å²) in [5.41, 5.74) is 0. The molecule has 0 amide bonds. The molecule has 1 aliphatic rings. The molecule has 0 spiro atoms. The molecule has 0 saturated carbocycles. The maximum absolute atomic E-state index is 6.00. The van der Waals surface area contributed by atoms with Crippen molar-refractivity contribution in [1.82, 2.24) is 24.5 Å². The van der Waals surface area contributed by atoms with Gasteiger partial charge < -0.3 is 10.1 Å². The second-order valence-corrected chi connectivity index (χ2v) is 5.28. The molecule has 0 aliphatic carbocycles. The first-order valence-corrected chi connectivity index (χ1v) is 7.03. The van der Waals surface area contributed by atoms with Gasteiger partial charge in [-0.3, -0.25) is 4.90 Å². The van der Waals surface area contributed by atoms with Gasteiger partial charge >= 0.3 is 0 Å². The normalized spacial score (nSPS) is 18.3. The van der Waals surface area contributed by atoms with E-state index in [2.05, 4.69) is 32.2 Å². The van der Waals surface area contributed by atoms with Crippen molar-refractivity contribution < 1.29 is 4.74 Å². The fourth-order valence-corrected chi connectivity index (χ4v) is 2.53. The topological polar surface area (TPSA) is 67.6 Å². The molecule has 20 heavy (non-hydrogen) atoms. The predicted octanol–water partition coefficient (Wildman–Crippen LogP) is 0.910. The van der Waals surface area contributed by atoms with Crippen LogP contribution in [0.2, 0.25) is 5.15 Å². The van der Waals surface area contributed by atoms with Crippen LogP contribution >= 0.6 is 11.6 Å². The van der Waals surface area contributed by atoms with Crippen molar-refractivity contribution in [3.63, 3.8) is 0 Å². The van der Waals surface area contributed by atoms with E-state index >= 15 is 0 Å². The quantitative estimate of drug-likeness (QED) is 0.846. The minimum atomic E-state index is 0.263. The number of fused-ring (bicyclic) bond motifs is 1. The van der Waals surface area contributed by atoms with E-state index in [0.717, 1.165) is 38.7 Å². The number of ether oxygens (including phenoxy) is 1. The summed E-state index contributed by atoms with van der Waals surface area (Å²) in [6.45, 7) is 6.64. The largest absolute Gasteiger partial charge is 0.379 e. The van der Waals surface area contributed by atoms with E-state index in [4.69, 9.17) is 16.3 Å². The van der Waals surface area contributed by atoms with Gasteiger partial charge in [0.25, 0.3) is 5.78 Å². The van der Waals surface area contributed by atoms with Gasteiger partial charge in [-0.15, -0.1) is 0 Å². The van der Waals surface area contributed by atoms with E-state index in [0.29, 0.717) is 10.9 Å². The van der Waals surface area contributed by atoms with Gasteiger partial charge in [-0.2, -0.15) is 19.6 Å². The van der Waals surface area contributed by atoms with Crippen LogP contribution in [0.25, 0.3) is 5.78 Å². The first-order chi connectivity index (χ1) is 9.72. The molecule has 1 saturated heterocycles. The number of anilines is 1. The average Bonchev–Trinajstić information content (AvgIpc) is 2.88. The Morgan fingerprint density at radius 2 is 2.25 bits per heavy atom. The lowest BCUT2D eigenvalue weighted by Gasteiger charge is -2.29. The Balaban J connectivity index is 1.70. The van der Waals surface area contributed by atoms with Crippen LogP contribution in [0, 0.1) is 0 Å². The molecular weight excluding hydrogens is 280 g/mol. The minimum Gasteiger partial charge on any atom is -0.379 e. The van der Waals surface area contributed by atoms with Gasteiger partial charge in [-0.1, -0.05) is 11.6 Å². The molecule has 1 aliphatic heterocycles. The van der Waals surface area contributed by atoms with Gasteiger partial charge in [-0.25, -0.2) is 0 Å². The van der Waals surface area contributed by atoms with Gasteiger partial charge in [0.2, 0.25) is 0 Å². The summed E-state index contributed by atoms with van der Waals surface area (Å²) >= 11 is 6.00. The zero-order valence-corrected chi connectivity index (χ0v) is 12.0. The number of morpholine rings is 1. The Morgan fingerprint density at radius 1 is 1.45 bits per heavy atom. The van der Waals surface area contributed by atoms with Crippen LogP contribution < -0.4 is 5.32 Å². The number of rotatable bonds is 4. The lowest BCUT2D eigenvalue weighted by Crippen LogP contribution is -2.42. The van der Waals surface area contributed by atoms with Crippen LogP contribution in [0.4, 0.5) is 5.82 Å².